The van der Waals surface area contributed by atoms with E-state index in [4.69, 9.17) is 9.84 Å². The number of unbranched alkanes of at least 4 members (excludes halogenated alkanes) is 40. The maximum absolute atomic E-state index is 11.2. The summed E-state index contributed by atoms with van der Waals surface area (Å²) in [7, 11) is 0. The van der Waals surface area contributed by atoms with E-state index in [0.717, 1.165) is 25.7 Å². The van der Waals surface area contributed by atoms with Gasteiger partial charge >= 0.3 is 11.9 Å². The van der Waals surface area contributed by atoms with Crippen LogP contribution in [-0.2, 0) is 14.3 Å². The summed E-state index contributed by atoms with van der Waals surface area (Å²) < 4.78 is 4.74. The van der Waals surface area contributed by atoms with Crippen LogP contribution in [0.4, 0.5) is 0 Å². The van der Waals surface area contributed by atoms with Gasteiger partial charge in [0.1, 0.15) is 0 Å². The van der Waals surface area contributed by atoms with Gasteiger partial charge in [0.2, 0.25) is 0 Å². The molecule has 0 aromatic rings. The molecule has 0 spiro atoms. The summed E-state index contributed by atoms with van der Waals surface area (Å²) in [6.07, 6.45) is 58.6. The number of aliphatic carboxylic acids is 1. The highest BCUT2D eigenvalue weighted by atomic mass is 16.5. The van der Waals surface area contributed by atoms with Gasteiger partial charge in [0.05, 0.1) is 6.26 Å². The predicted octanol–water partition coefficient (Wildman–Crippen LogP) is 16.5. The lowest BCUT2D eigenvalue weighted by Gasteiger charge is -2.05. The SMILES string of the molecule is C=COC(=O)CCCCCCCCCCCCCCCCCCCCCCCCCCCCCCCCCCCCCCCCCCCC(=O)O. The molecule has 0 radical (unpaired) electrons. The molecule has 4 nitrogen and oxygen atoms in total. The van der Waals surface area contributed by atoms with E-state index >= 15 is 0 Å². The Morgan fingerprint density at radius 1 is 0.314 bits per heavy atom. The zero-order valence-electron chi connectivity index (χ0n) is 34.4. The van der Waals surface area contributed by atoms with Crippen molar-refractivity contribution in [1.82, 2.24) is 0 Å². The molecule has 0 aromatic heterocycles. The third kappa shape index (κ3) is 46.7. The van der Waals surface area contributed by atoms with Crippen molar-refractivity contribution in [2.45, 2.75) is 276 Å². The summed E-state index contributed by atoms with van der Waals surface area (Å²) >= 11 is 0. The number of hydrogen-bond donors (Lipinski definition) is 1. The molecule has 0 aliphatic rings. The second kappa shape index (κ2) is 44.8. The first-order valence-corrected chi connectivity index (χ1v) is 23.2. The molecule has 0 aromatic carbocycles. The van der Waals surface area contributed by atoms with E-state index in [2.05, 4.69) is 6.58 Å². The van der Waals surface area contributed by atoms with Crippen LogP contribution in [0.3, 0.4) is 0 Å². The van der Waals surface area contributed by atoms with Crippen LogP contribution in [0.5, 0.6) is 0 Å². The van der Waals surface area contributed by atoms with Crippen molar-refractivity contribution >= 4 is 11.9 Å². The van der Waals surface area contributed by atoms with Crippen molar-refractivity contribution in [3.63, 3.8) is 0 Å². The Morgan fingerprint density at radius 3 is 0.627 bits per heavy atom. The van der Waals surface area contributed by atoms with Gasteiger partial charge in [0, 0.05) is 12.8 Å². The normalized spacial score (nSPS) is 11.3. The summed E-state index contributed by atoms with van der Waals surface area (Å²) in [5.74, 6) is -0.797. The highest BCUT2D eigenvalue weighted by Gasteiger charge is 2.01. The molecular weight excluding hydrogens is 629 g/mol. The summed E-state index contributed by atoms with van der Waals surface area (Å²) in [6.45, 7) is 3.42. The van der Waals surface area contributed by atoms with Crippen molar-refractivity contribution < 1.29 is 19.4 Å². The van der Waals surface area contributed by atoms with Crippen LogP contribution in [0.25, 0.3) is 0 Å². The minimum Gasteiger partial charge on any atom is -0.481 e. The fraction of sp³-hybridized carbons (Fsp3) is 0.915. The standard InChI is InChI=1S/C47H90O4/c1-2-51-47(50)45-43-41-39-37-35-33-31-29-27-25-23-21-19-17-15-13-11-9-7-5-3-4-6-8-10-12-14-16-18-20-22-24-26-28-30-32-34-36-38-40-42-44-46(48)49/h2H,1,3-45H2,(H,48,49). The quantitative estimate of drug-likeness (QED) is 0.0387. The predicted molar refractivity (Wildman–Crippen MR) is 222 cm³/mol. The van der Waals surface area contributed by atoms with Crippen LogP contribution < -0.4 is 0 Å². The average molecular weight is 719 g/mol. The molecule has 0 saturated heterocycles. The van der Waals surface area contributed by atoms with Gasteiger partial charge in [-0.25, -0.2) is 0 Å². The molecule has 0 fully saturated rings. The molecule has 302 valence electrons. The lowest BCUT2D eigenvalue weighted by molar-refractivity contribution is -0.138. The monoisotopic (exact) mass is 719 g/mol. The van der Waals surface area contributed by atoms with Crippen LogP contribution in [0.2, 0.25) is 0 Å². The molecule has 0 saturated carbocycles. The largest absolute Gasteiger partial charge is 0.481 e. The van der Waals surface area contributed by atoms with Crippen molar-refractivity contribution in [3.05, 3.63) is 12.8 Å². The Balaban J connectivity index is 3.07. The van der Waals surface area contributed by atoms with E-state index in [0.29, 0.717) is 12.8 Å². The third-order valence-corrected chi connectivity index (χ3v) is 11.0. The van der Waals surface area contributed by atoms with Gasteiger partial charge in [0.15, 0.2) is 0 Å². The van der Waals surface area contributed by atoms with E-state index in [9.17, 15) is 9.59 Å². The van der Waals surface area contributed by atoms with Gasteiger partial charge in [-0.15, -0.1) is 0 Å². The number of esters is 1. The zero-order valence-corrected chi connectivity index (χ0v) is 34.4. The van der Waals surface area contributed by atoms with Crippen LogP contribution in [0, 0.1) is 0 Å². The fourth-order valence-electron chi connectivity index (χ4n) is 7.59. The van der Waals surface area contributed by atoms with Crippen molar-refractivity contribution in [3.8, 4) is 0 Å². The first kappa shape index (κ1) is 49.7. The van der Waals surface area contributed by atoms with Gasteiger partial charge < -0.3 is 9.84 Å². The molecule has 0 aliphatic heterocycles. The van der Waals surface area contributed by atoms with Crippen molar-refractivity contribution in [2.75, 3.05) is 0 Å². The van der Waals surface area contributed by atoms with E-state index in [1.807, 2.05) is 0 Å². The second-order valence-corrected chi connectivity index (χ2v) is 16.0. The lowest BCUT2D eigenvalue weighted by atomic mass is 10.0. The number of carbonyl (C=O) groups excluding carboxylic acids is 1. The smallest absolute Gasteiger partial charge is 0.310 e. The van der Waals surface area contributed by atoms with Gasteiger partial charge in [-0.1, -0.05) is 257 Å². The summed E-state index contributed by atoms with van der Waals surface area (Å²) in [4.78, 5) is 21.8. The summed E-state index contributed by atoms with van der Waals surface area (Å²) in [5, 5.41) is 8.66. The zero-order chi connectivity index (χ0) is 37.0. The Kier molecular flexibility index (Phi) is 43.7. The Morgan fingerprint density at radius 2 is 0.471 bits per heavy atom. The number of rotatable bonds is 45. The molecule has 0 atom stereocenters. The minimum atomic E-state index is -0.650. The minimum absolute atomic E-state index is 0.146. The summed E-state index contributed by atoms with van der Waals surface area (Å²) in [6, 6.07) is 0. The van der Waals surface area contributed by atoms with Crippen molar-refractivity contribution in [1.29, 1.82) is 0 Å². The van der Waals surface area contributed by atoms with Gasteiger partial charge in [-0.3, -0.25) is 9.59 Å². The molecular formula is C47H90O4. The molecule has 0 amide bonds. The average Bonchev–Trinajstić information content (AvgIpc) is 3.12. The van der Waals surface area contributed by atoms with Crippen molar-refractivity contribution in [2.24, 2.45) is 0 Å². The van der Waals surface area contributed by atoms with E-state index in [-0.39, 0.29) is 5.97 Å². The molecule has 0 unspecified atom stereocenters. The molecule has 4 heteroatoms. The number of carboxylic acids is 1. The topological polar surface area (TPSA) is 63.6 Å². The number of carboxylic acid groups (broad SMARTS) is 1. The molecule has 1 N–H and O–H groups in total. The highest BCUT2D eigenvalue weighted by molar-refractivity contribution is 5.69. The Bertz CT molecular complexity index is 704. The number of hydrogen-bond acceptors (Lipinski definition) is 3. The van der Waals surface area contributed by atoms with Gasteiger partial charge in [0.25, 0.3) is 0 Å². The highest BCUT2D eigenvalue weighted by Crippen LogP contribution is 2.18. The molecule has 51 heavy (non-hydrogen) atoms. The molecule has 0 heterocycles. The number of carbonyl (C=O) groups is 2. The molecule has 0 rings (SSSR count). The number of ether oxygens (including phenoxy) is 1. The molecule has 0 bridgehead atoms. The van der Waals surface area contributed by atoms with E-state index in [1.165, 1.54) is 244 Å². The summed E-state index contributed by atoms with van der Waals surface area (Å²) in [5.41, 5.74) is 0. The lowest BCUT2D eigenvalue weighted by Crippen LogP contribution is -1.98. The van der Waals surface area contributed by atoms with Gasteiger partial charge in [-0.2, -0.15) is 0 Å². The first-order valence-electron chi connectivity index (χ1n) is 23.2. The van der Waals surface area contributed by atoms with E-state index in [1.54, 1.807) is 0 Å². The van der Waals surface area contributed by atoms with Crippen LogP contribution in [0.15, 0.2) is 12.8 Å². The fourth-order valence-corrected chi connectivity index (χ4v) is 7.59. The van der Waals surface area contributed by atoms with Crippen LogP contribution >= 0.6 is 0 Å². The maximum atomic E-state index is 11.2. The third-order valence-electron chi connectivity index (χ3n) is 11.0. The van der Waals surface area contributed by atoms with Crippen LogP contribution in [-0.4, -0.2) is 17.0 Å². The van der Waals surface area contributed by atoms with Crippen LogP contribution in [0.1, 0.15) is 276 Å². The Labute approximate surface area is 319 Å². The van der Waals surface area contributed by atoms with Gasteiger partial charge in [-0.05, 0) is 12.8 Å². The molecule has 0 aliphatic carbocycles. The maximum Gasteiger partial charge on any atom is 0.310 e. The first-order chi connectivity index (χ1) is 25.2. The van der Waals surface area contributed by atoms with E-state index < -0.39 is 5.97 Å². The Hall–Kier alpha value is -1.32. The second-order valence-electron chi connectivity index (χ2n) is 16.0.